The van der Waals surface area contributed by atoms with Gasteiger partial charge in [-0.3, -0.25) is 9.13 Å². The second-order valence-electron chi connectivity index (χ2n) is 23.4. The first kappa shape index (κ1) is 51.2. The lowest BCUT2D eigenvalue weighted by molar-refractivity contribution is 0.304. The summed E-state index contributed by atoms with van der Waals surface area (Å²) in [6.07, 6.45) is 0. The van der Waals surface area contributed by atoms with Crippen LogP contribution in [0.2, 0.25) is 0 Å². The van der Waals surface area contributed by atoms with E-state index < -0.39 is 11.6 Å². The highest BCUT2D eigenvalue weighted by Gasteiger charge is 2.51. The highest BCUT2D eigenvalue weighted by Crippen LogP contribution is 2.54. The number of nitrogens with one attached hydrogen (secondary N) is 2. The van der Waals surface area contributed by atoms with Crippen LogP contribution in [0.25, 0.3) is 112 Å². The van der Waals surface area contributed by atoms with Gasteiger partial charge in [0, 0.05) is 55.6 Å². The van der Waals surface area contributed by atoms with E-state index in [0.29, 0.717) is 5.82 Å². The molecule has 90 heavy (non-hydrogen) atoms. The van der Waals surface area contributed by atoms with Crippen LogP contribution in [0.5, 0.6) is 0 Å². The van der Waals surface area contributed by atoms with Gasteiger partial charge in [0.2, 0.25) is 5.79 Å². The monoisotopic (exact) mass is 1150 g/mol. The molecule has 7 heterocycles. The predicted molar refractivity (Wildman–Crippen MR) is 365 cm³/mol. The number of aliphatic imine (C=N–C) groups is 2. The Labute approximate surface area is 520 Å². The number of nitrogens with zero attached hydrogens (tertiary/aromatic N) is 6. The molecular weight excluding hydrogens is 1100 g/mol. The maximum absolute atomic E-state index is 6.35. The molecule has 0 unspecified atom stereocenters. The molecule has 422 valence electrons. The molecule has 14 aromatic rings. The van der Waals surface area contributed by atoms with Gasteiger partial charge in [0.15, 0.2) is 0 Å². The van der Waals surface area contributed by atoms with Gasteiger partial charge in [-0.25, -0.2) is 20.0 Å². The zero-order chi connectivity index (χ0) is 59.3. The zero-order valence-corrected chi connectivity index (χ0v) is 48.7. The third kappa shape index (κ3) is 7.94. The number of hydrogen-bond acceptors (Lipinski definition) is 6. The van der Waals surface area contributed by atoms with Crippen LogP contribution >= 0.6 is 0 Å². The molecule has 0 saturated heterocycles. The number of imidazole rings is 2. The summed E-state index contributed by atoms with van der Waals surface area (Å²) in [6.45, 7) is 0. The first-order valence-corrected chi connectivity index (χ1v) is 30.6. The van der Waals surface area contributed by atoms with Gasteiger partial charge >= 0.3 is 0 Å². The van der Waals surface area contributed by atoms with Gasteiger partial charge in [-0.1, -0.05) is 279 Å². The minimum atomic E-state index is -1.60. The van der Waals surface area contributed by atoms with Crippen molar-refractivity contribution in [2.24, 2.45) is 9.98 Å². The number of hydrogen-bond donors (Lipinski definition) is 2. The Morgan fingerprint density at radius 1 is 0.278 bits per heavy atom. The third-order valence-corrected chi connectivity index (χ3v) is 18.1. The molecule has 19 rings (SSSR count). The Morgan fingerprint density at radius 3 is 1.08 bits per heavy atom. The van der Waals surface area contributed by atoms with E-state index in [-0.39, 0.29) is 0 Å². The Kier molecular flexibility index (Phi) is 11.6. The maximum atomic E-state index is 6.35. The van der Waals surface area contributed by atoms with Crippen LogP contribution in [0.4, 0.5) is 0 Å². The molecule has 0 amide bonds. The summed E-state index contributed by atoms with van der Waals surface area (Å²) in [6, 6.07) is 113. The summed E-state index contributed by atoms with van der Waals surface area (Å²) in [7, 11) is 0. The minimum absolute atomic E-state index is 0.689. The summed E-state index contributed by atoms with van der Waals surface area (Å²) < 4.78 is 4.83. The van der Waals surface area contributed by atoms with Crippen molar-refractivity contribution in [1.29, 1.82) is 0 Å². The zero-order valence-electron chi connectivity index (χ0n) is 48.7. The molecule has 5 aliphatic heterocycles. The van der Waals surface area contributed by atoms with Crippen molar-refractivity contribution in [1.82, 2.24) is 29.7 Å². The molecule has 2 spiro atoms. The first-order valence-electron chi connectivity index (χ1n) is 30.6. The van der Waals surface area contributed by atoms with Gasteiger partial charge in [0.25, 0.3) is 5.79 Å². The van der Waals surface area contributed by atoms with Crippen molar-refractivity contribution < 1.29 is 0 Å². The molecule has 0 aliphatic carbocycles. The molecular formula is C82H54N8. The van der Waals surface area contributed by atoms with Crippen molar-refractivity contribution >= 4 is 33.6 Å². The normalized spacial score (nSPS) is 14.4. The predicted octanol–water partition coefficient (Wildman–Crippen LogP) is 18.2. The van der Waals surface area contributed by atoms with Gasteiger partial charge in [-0.05, 0) is 80.6 Å². The van der Waals surface area contributed by atoms with Crippen molar-refractivity contribution in [2.45, 2.75) is 11.6 Å². The summed E-state index contributed by atoms with van der Waals surface area (Å²) in [4.78, 5) is 24.9. The van der Waals surface area contributed by atoms with E-state index in [1.54, 1.807) is 0 Å². The fourth-order valence-electron chi connectivity index (χ4n) is 14.2. The van der Waals surface area contributed by atoms with Crippen molar-refractivity contribution in [3.63, 3.8) is 0 Å². The highest BCUT2D eigenvalue weighted by atomic mass is 15.4. The summed E-state index contributed by atoms with van der Waals surface area (Å²) >= 11 is 0. The van der Waals surface area contributed by atoms with E-state index in [1.807, 2.05) is 0 Å². The van der Waals surface area contributed by atoms with Gasteiger partial charge in [-0.15, -0.1) is 0 Å². The van der Waals surface area contributed by atoms with Gasteiger partial charge in [-0.2, -0.15) is 0 Å². The molecule has 6 bridgehead atoms. The van der Waals surface area contributed by atoms with E-state index in [2.05, 4.69) is 335 Å². The second-order valence-corrected chi connectivity index (χ2v) is 23.4. The lowest BCUT2D eigenvalue weighted by Crippen LogP contribution is -2.54. The van der Waals surface area contributed by atoms with Gasteiger partial charge < -0.3 is 10.6 Å². The summed E-state index contributed by atoms with van der Waals surface area (Å²) in [5, 5.41) is 11.1. The average molecular weight is 1150 g/mol. The number of aromatic nitrogens is 4. The maximum Gasteiger partial charge on any atom is 0.261 e. The van der Waals surface area contributed by atoms with Crippen LogP contribution in [-0.4, -0.2) is 30.5 Å². The third-order valence-electron chi connectivity index (χ3n) is 18.1. The largest absolute Gasteiger partial charge is 0.339 e. The van der Waals surface area contributed by atoms with Crippen LogP contribution in [0.15, 0.2) is 325 Å². The molecule has 0 fully saturated rings. The number of rotatable bonds is 8. The smallest absolute Gasteiger partial charge is 0.261 e. The fourth-order valence-corrected chi connectivity index (χ4v) is 14.2. The van der Waals surface area contributed by atoms with Gasteiger partial charge in [0.05, 0.1) is 45.6 Å². The van der Waals surface area contributed by atoms with E-state index in [4.69, 9.17) is 20.0 Å². The van der Waals surface area contributed by atoms with E-state index in [1.165, 1.54) is 0 Å². The molecule has 8 heteroatoms. The molecule has 0 saturated carbocycles. The lowest BCUT2D eigenvalue weighted by atomic mass is 9.86. The van der Waals surface area contributed by atoms with E-state index >= 15 is 0 Å². The Morgan fingerprint density at radius 2 is 0.633 bits per heavy atom. The van der Waals surface area contributed by atoms with Gasteiger partial charge in [0.1, 0.15) is 11.6 Å². The van der Waals surface area contributed by atoms with Crippen LogP contribution in [0.3, 0.4) is 0 Å². The molecule has 8 nitrogen and oxygen atoms in total. The Hall–Kier alpha value is -12.0. The second kappa shape index (κ2) is 20.3. The number of benzene rings is 12. The van der Waals surface area contributed by atoms with Crippen LogP contribution < -0.4 is 10.6 Å². The molecule has 5 aliphatic rings. The Bertz CT molecular complexity index is 5140. The molecule has 0 radical (unpaired) electrons. The standard InChI is InChI=1S/C82H54N8/c1-9-27-54(28-10-1)71-72(55-29-11-2-12-30-55)86-81(85-71)66-50-63-51-67(52-66)82(87-73(56-31-13-3-14-32-56)74(88-82)57-33-15-4-16-34-57)90-78(61-41-23-8-24-42-61)76(59-37-19-6-20-38-59)84-80(90)65-48-62(68-45-25-43-53-44-26-46-69(63)70(53)68)47-64(49-65)79-83-75(58-35-17-5-18-36-58)77(89(79)81)60-39-21-7-22-40-60/h1-52,85-86H. The van der Waals surface area contributed by atoms with Crippen LogP contribution in [-0.2, 0) is 11.6 Å². The molecule has 12 aromatic carbocycles. The average Bonchev–Trinajstić information content (AvgIpc) is 1.50. The van der Waals surface area contributed by atoms with E-state index in [0.717, 1.165) is 151 Å². The lowest BCUT2D eigenvalue weighted by Gasteiger charge is -2.39. The van der Waals surface area contributed by atoms with Crippen LogP contribution in [0, 0.1) is 0 Å². The molecule has 2 aromatic heterocycles. The van der Waals surface area contributed by atoms with E-state index in [9.17, 15) is 0 Å². The fraction of sp³-hybridized carbons (Fsp3) is 0.0244. The Balaban J connectivity index is 1.11. The summed E-state index contributed by atoms with van der Waals surface area (Å²) in [5.74, 6) is -1.55. The highest BCUT2D eigenvalue weighted by molar-refractivity contribution is 6.54. The van der Waals surface area contributed by atoms with Crippen molar-refractivity contribution in [2.75, 3.05) is 0 Å². The van der Waals surface area contributed by atoms with Crippen molar-refractivity contribution in [3.05, 3.63) is 349 Å². The minimum Gasteiger partial charge on any atom is -0.339 e. The topological polar surface area (TPSA) is 84.4 Å². The molecule has 2 N–H and O–H groups in total. The molecule has 0 atom stereocenters. The van der Waals surface area contributed by atoms with Crippen molar-refractivity contribution in [3.8, 4) is 90.1 Å². The summed E-state index contributed by atoms with van der Waals surface area (Å²) in [5.41, 5.74) is 22.2. The SMILES string of the molecule is c1ccc(C2=NC3(N=C2c2ccccc2)c2cc4cc(c2)C2(NC(c5ccccc5)=C(c5ccccc5)N2)n2c(nc(-c5ccccc5)c2-c2ccccc2)-c2cc(cc(c2)-c2nc(-c5ccccc5)c(-c5ccccc5)n23)-c2cccc3cccc-4c23)cc1. The quantitative estimate of drug-likeness (QED) is 0.159. The first-order chi connectivity index (χ1) is 44.6. The van der Waals surface area contributed by atoms with Crippen LogP contribution in [0.1, 0.15) is 33.4 Å².